The van der Waals surface area contributed by atoms with Gasteiger partial charge in [-0.25, -0.2) is 9.78 Å². The molecule has 1 aliphatic rings. The van der Waals surface area contributed by atoms with Crippen LogP contribution in [0.2, 0.25) is 0 Å². The Kier molecular flexibility index (Phi) is 4.28. The Hall–Kier alpha value is -2.41. The van der Waals surface area contributed by atoms with Crippen LogP contribution in [0, 0.1) is 6.92 Å². The largest absolute Gasteiger partial charge is 0.497 e. The minimum absolute atomic E-state index is 0.230. The lowest BCUT2D eigenvalue weighted by Gasteiger charge is -2.25. The summed E-state index contributed by atoms with van der Waals surface area (Å²) in [6.45, 7) is 4.03. The zero-order valence-corrected chi connectivity index (χ0v) is 14.6. The SMILES string of the molecule is CC[C@@]1(c2ccc(OC)cc2)NC(=O)N(Cc2cnc(C)s2)C1=O. The van der Waals surface area contributed by atoms with Crippen LogP contribution in [0.15, 0.2) is 30.5 Å². The van der Waals surface area contributed by atoms with Gasteiger partial charge in [0, 0.05) is 11.1 Å². The van der Waals surface area contributed by atoms with Gasteiger partial charge in [0.05, 0.1) is 18.7 Å². The van der Waals surface area contributed by atoms with E-state index in [0.29, 0.717) is 12.2 Å². The molecule has 0 bridgehead atoms. The van der Waals surface area contributed by atoms with E-state index in [0.717, 1.165) is 15.4 Å². The van der Waals surface area contributed by atoms with E-state index in [1.165, 1.54) is 16.2 Å². The molecule has 1 N–H and O–H groups in total. The van der Waals surface area contributed by atoms with Crippen LogP contribution >= 0.6 is 11.3 Å². The highest BCUT2D eigenvalue weighted by Crippen LogP contribution is 2.34. The molecule has 1 aromatic heterocycles. The molecule has 0 unspecified atom stereocenters. The smallest absolute Gasteiger partial charge is 0.325 e. The lowest BCUT2D eigenvalue weighted by Crippen LogP contribution is -2.43. The Morgan fingerprint density at radius 2 is 2.00 bits per heavy atom. The fraction of sp³-hybridized carbons (Fsp3) is 0.353. The molecule has 126 valence electrons. The highest BCUT2D eigenvalue weighted by atomic mass is 32.1. The zero-order chi connectivity index (χ0) is 17.3. The third kappa shape index (κ3) is 2.65. The lowest BCUT2D eigenvalue weighted by atomic mass is 9.87. The molecule has 2 heterocycles. The number of rotatable bonds is 5. The van der Waals surface area contributed by atoms with Crippen LogP contribution < -0.4 is 10.1 Å². The summed E-state index contributed by atoms with van der Waals surface area (Å²) in [5.74, 6) is 0.477. The summed E-state index contributed by atoms with van der Waals surface area (Å²) >= 11 is 1.49. The number of benzene rings is 1. The molecule has 3 amide bonds. The van der Waals surface area contributed by atoms with Crippen molar-refractivity contribution < 1.29 is 14.3 Å². The number of aromatic nitrogens is 1. The number of methoxy groups -OCH3 is 1. The van der Waals surface area contributed by atoms with Crippen LogP contribution in [-0.4, -0.2) is 28.9 Å². The molecule has 1 aliphatic heterocycles. The standard InChI is InChI=1S/C17H19N3O3S/c1-4-17(12-5-7-13(23-3)8-6-12)15(21)20(16(22)19-17)10-14-9-18-11(2)24-14/h5-9H,4,10H2,1-3H3,(H,19,22)/t17-/m0/s1. The van der Waals surface area contributed by atoms with Crippen LogP contribution in [0.1, 0.15) is 28.8 Å². The van der Waals surface area contributed by atoms with Gasteiger partial charge in [0.1, 0.15) is 11.3 Å². The van der Waals surface area contributed by atoms with Gasteiger partial charge in [0.25, 0.3) is 5.91 Å². The summed E-state index contributed by atoms with van der Waals surface area (Å²) < 4.78 is 5.16. The van der Waals surface area contributed by atoms with Gasteiger partial charge in [-0.15, -0.1) is 11.3 Å². The topological polar surface area (TPSA) is 71.5 Å². The third-order valence-electron chi connectivity index (χ3n) is 4.27. The Morgan fingerprint density at radius 1 is 1.29 bits per heavy atom. The molecular weight excluding hydrogens is 326 g/mol. The molecule has 6 nitrogen and oxygen atoms in total. The number of aryl methyl sites for hydroxylation is 1. The quantitative estimate of drug-likeness (QED) is 0.846. The van der Waals surface area contributed by atoms with Crippen LogP contribution in [0.5, 0.6) is 5.75 Å². The van der Waals surface area contributed by atoms with Gasteiger partial charge < -0.3 is 10.1 Å². The maximum atomic E-state index is 13.0. The lowest BCUT2D eigenvalue weighted by molar-refractivity contribution is -0.132. The number of imide groups is 1. The van der Waals surface area contributed by atoms with E-state index in [1.54, 1.807) is 25.4 Å². The van der Waals surface area contributed by atoms with Crippen molar-refractivity contribution in [3.8, 4) is 5.75 Å². The van der Waals surface area contributed by atoms with Crippen molar-refractivity contribution in [1.29, 1.82) is 0 Å². The summed E-state index contributed by atoms with van der Waals surface area (Å²) in [4.78, 5) is 31.8. The first kappa shape index (κ1) is 16.4. The highest BCUT2D eigenvalue weighted by molar-refractivity contribution is 7.11. The number of nitrogens with zero attached hydrogens (tertiary/aromatic N) is 2. The predicted molar refractivity (Wildman–Crippen MR) is 90.9 cm³/mol. The number of urea groups is 1. The average molecular weight is 345 g/mol. The summed E-state index contributed by atoms with van der Waals surface area (Å²) in [5, 5.41) is 3.79. The molecular formula is C17H19N3O3S. The molecule has 24 heavy (non-hydrogen) atoms. The summed E-state index contributed by atoms with van der Waals surface area (Å²) in [5.41, 5.74) is -0.268. The van der Waals surface area contributed by atoms with E-state index < -0.39 is 5.54 Å². The summed E-state index contributed by atoms with van der Waals surface area (Å²) in [7, 11) is 1.59. The molecule has 1 atom stereocenters. The Labute approximate surface area is 144 Å². The van der Waals surface area contributed by atoms with E-state index >= 15 is 0 Å². The fourth-order valence-electron chi connectivity index (χ4n) is 2.92. The van der Waals surface area contributed by atoms with Gasteiger partial charge in [0.2, 0.25) is 0 Å². The van der Waals surface area contributed by atoms with E-state index in [4.69, 9.17) is 4.74 Å². The first-order valence-electron chi connectivity index (χ1n) is 7.70. The molecule has 1 saturated heterocycles. The molecule has 0 radical (unpaired) electrons. The van der Waals surface area contributed by atoms with Crippen molar-refractivity contribution in [3.05, 3.63) is 45.9 Å². The summed E-state index contributed by atoms with van der Waals surface area (Å²) in [6.07, 6.45) is 2.18. The first-order chi connectivity index (χ1) is 11.5. The van der Waals surface area contributed by atoms with Gasteiger partial charge in [-0.1, -0.05) is 19.1 Å². The van der Waals surface area contributed by atoms with Gasteiger partial charge in [-0.3, -0.25) is 9.69 Å². The molecule has 7 heteroatoms. The second kappa shape index (κ2) is 6.24. The average Bonchev–Trinajstić information content (AvgIpc) is 3.11. The van der Waals surface area contributed by atoms with Crippen molar-refractivity contribution >= 4 is 23.3 Å². The Morgan fingerprint density at radius 3 is 2.54 bits per heavy atom. The molecule has 2 aromatic rings. The second-order valence-corrected chi connectivity index (χ2v) is 6.97. The molecule has 0 saturated carbocycles. The van der Waals surface area contributed by atoms with E-state index in [1.807, 2.05) is 26.0 Å². The second-order valence-electron chi connectivity index (χ2n) is 5.65. The van der Waals surface area contributed by atoms with Gasteiger partial charge >= 0.3 is 6.03 Å². The number of hydrogen-bond acceptors (Lipinski definition) is 5. The van der Waals surface area contributed by atoms with Crippen LogP contribution in [0.25, 0.3) is 0 Å². The Bertz CT molecular complexity index is 772. The van der Waals surface area contributed by atoms with E-state index in [-0.39, 0.29) is 18.5 Å². The number of ether oxygens (including phenoxy) is 1. The van der Waals surface area contributed by atoms with E-state index in [9.17, 15) is 9.59 Å². The van der Waals surface area contributed by atoms with Crippen LogP contribution in [-0.2, 0) is 16.9 Å². The molecule has 0 spiro atoms. The van der Waals surface area contributed by atoms with Crippen molar-refractivity contribution in [2.45, 2.75) is 32.4 Å². The van der Waals surface area contributed by atoms with Crippen molar-refractivity contribution in [2.75, 3.05) is 7.11 Å². The van der Waals surface area contributed by atoms with Crippen molar-refractivity contribution in [2.24, 2.45) is 0 Å². The number of nitrogens with one attached hydrogen (secondary N) is 1. The maximum Gasteiger partial charge on any atom is 0.325 e. The van der Waals surface area contributed by atoms with Crippen LogP contribution in [0.3, 0.4) is 0 Å². The highest BCUT2D eigenvalue weighted by Gasteiger charge is 2.51. The Balaban J connectivity index is 1.91. The van der Waals surface area contributed by atoms with Crippen molar-refractivity contribution in [3.63, 3.8) is 0 Å². The van der Waals surface area contributed by atoms with Crippen LogP contribution in [0.4, 0.5) is 4.79 Å². The monoisotopic (exact) mass is 345 g/mol. The van der Waals surface area contributed by atoms with Gasteiger partial charge in [-0.05, 0) is 31.0 Å². The summed E-state index contributed by atoms with van der Waals surface area (Å²) in [6, 6.07) is 6.86. The molecule has 3 rings (SSSR count). The number of carbonyl (C=O) groups excluding carboxylic acids is 2. The maximum absolute atomic E-state index is 13.0. The molecule has 0 aliphatic carbocycles. The fourth-order valence-corrected chi connectivity index (χ4v) is 3.70. The first-order valence-corrected chi connectivity index (χ1v) is 8.51. The number of hydrogen-bond donors (Lipinski definition) is 1. The minimum atomic E-state index is -1.02. The zero-order valence-electron chi connectivity index (χ0n) is 13.8. The minimum Gasteiger partial charge on any atom is -0.497 e. The predicted octanol–water partition coefficient (Wildman–Crippen LogP) is 2.82. The van der Waals surface area contributed by atoms with Crippen molar-refractivity contribution in [1.82, 2.24) is 15.2 Å². The number of amides is 3. The van der Waals surface area contributed by atoms with E-state index in [2.05, 4.69) is 10.3 Å². The normalized spacial score (nSPS) is 20.4. The van der Waals surface area contributed by atoms with Gasteiger partial charge in [0.15, 0.2) is 0 Å². The number of thiazole rings is 1. The molecule has 1 fully saturated rings. The molecule has 1 aromatic carbocycles. The number of carbonyl (C=O) groups is 2. The third-order valence-corrected chi connectivity index (χ3v) is 5.17. The van der Waals surface area contributed by atoms with Gasteiger partial charge in [-0.2, -0.15) is 0 Å².